The Morgan fingerprint density at radius 3 is 2.10 bits per heavy atom. The number of benzene rings is 1. The van der Waals surface area contributed by atoms with E-state index in [1.54, 1.807) is 14.2 Å². The number of aromatic nitrogens is 2. The van der Waals surface area contributed by atoms with Gasteiger partial charge in [-0.25, -0.2) is 4.52 Å². The molecule has 0 amide bonds. The van der Waals surface area contributed by atoms with Gasteiger partial charge in [0.05, 0.1) is 42.4 Å². The van der Waals surface area contributed by atoms with Gasteiger partial charge in [-0.3, -0.25) is 0 Å². The van der Waals surface area contributed by atoms with Crippen molar-refractivity contribution in [2.75, 3.05) is 32.2 Å². The highest BCUT2D eigenvalue weighted by Crippen LogP contribution is 2.41. The molecule has 0 aliphatic heterocycles. The second kappa shape index (κ2) is 9.21. The second-order valence-corrected chi connectivity index (χ2v) is 7.39. The Hall–Kier alpha value is -2.69. The van der Waals surface area contributed by atoms with Crippen LogP contribution >= 0.6 is 0 Å². The highest BCUT2D eigenvalue weighted by Gasteiger charge is 2.22. The van der Waals surface area contributed by atoms with Crippen molar-refractivity contribution in [1.29, 1.82) is 0 Å². The molecule has 29 heavy (non-hydrogen) atoms. The van der Waals surface area contributed by atoms with Crippen molar-refractivity contribution in [3.63, 3.8) is 0 Å². The summed E-state index contributed by atoms with van der Waals surface area (Å²) < 4.78 is 13.5. The van der Waals surface area contributed by atoms with E-state index < -0.39 is 0 Å². The van der Waals surface area contributed by atoms with Crippen molar-refractivity contribution < 1.29 is 9.47 Å². The van der Waals surface area contributed by atoms with Crippen LogP contribution in [0, 0.1) is 6.92 Å². The zero-order chi connectivity index (χ0) is 21.0. The van der Waals surface area contributed by atoms with Crippen LogP contribution in [0.2, 0.25) is 0 Å². The molecule has 0 saturated heterocycles. The Morgan fingerprint density at radius 2 is 1.59 bits per heavy atom. The van der Waals surface area contributed by atoms with Crippen LogP contribution in [-0.4, -0.2) is 36.9 Å². The lowest BCUT2D eigenvalue weighted by Crippen LogP contribution is -2.25. The number of hydrogen-bond acceptors (Lipinski definition) is 4. The third-order valence-electron chi connectivity index (χ3n) is 5.25. The number of pyridine rings is 1. The van der Waals surface area contributed by atoms with Gasteiger partial charge < -0.3 is 14.4 Å². The molecule has 0 radical (unpaired) electrons. The lowest BCUT2D eigenvalue weighted by Gasteiger charge is -2.24. The molecule has 0 N–H and O–H groups in total. The van der Waals surface area contributed by atoms with Crippen LogP contribution in [-0.2, 0) is 6.42 Å². The number of rotatable bonds is 9. The van der Waals surface area contributed by atoms with Crippen molar-refractivity contribution in [3.8, 4) is 22.8 Å². The van der Waals surface area contributed by atoms with Crippen LogP contribution < -0.4 is 14.4 Å². The van der Waals surface area contributed by atoms with Crippen molar-refractivity contribution in [1.82, 2.24) is 9.61 Å². The number of ether oxygens (including phenoxy) is 2. The van der Waals surface area contributed by atoms with Gasteiger partial charge in [0.2, 0.25) is 0 Å². The first-order valence-corrected chi connectivity index (χ1v) is 10.6. The molecular weight excluding hydrogens is 362 g/mol. The van der Waals surface area contributed by atoms with E-state index in [0.29, 0.717) is 0 Å². The van der Waals surface area contributed by atoms with E-state index in [0.717, 1.165) is 71.9 Å². The number of nitrogens with zero attached hydrogens (tertiary/aromatic N) is 3. The maximum Gasteiger partial charge on any atom is 0.132 e. The molecule has 0 unspecified atom stereocenters. The van der Waals surface area contributed by atoms with E-state index in [9.17, 15) is 0 Å². The molecule has 0 spiro atoms. The normalized spacial score (nSPS) is 11.1. The third-order valence-corrected chi connectivity index (χ3v) is 5.25. The number of methoxy groups -OCH3 is 2. The average Bonchev–Trinajstić information content (AvgIpc) is 3.11. The molecular formula is C24H33N3O2. The van der Waals surface area contributed by atoms with Crippen molar-refractivity contribution in [2.45, 2.75) is 47.0 Å². The summed E-state index contributed by atoms with van der Waals surface area (Å²) in [5, 5.41) is 5.03. The van der Waals surface area contributed by atoms with Gasteiger partial charge in [0.1, 0.15) is 11.5 Å². The summed E-state index contributed by atoms with van der Waals surface area (Å²) in [4.78, 5) is 2.48. The van der Waals surface area contributed by atoms with E-state index in [1.165, 1.54) is 5.69 Å². The van der Waals surface area contributed by atoms with Crippen LogP contribution in [0.4, 0.5) is 5.69 Å². The minimum atomic E-state index is 0.795. The molecule has 0 saturated carbocycles. The van der Waals surface area contributed by atoms with Crippen molar-refractivity contribution >= 4 is 11.2 Å². The molecule has 5 nitrogen and oxygen atoms in total. The summed E-state index contributed by atoms with van der Waals surface area (Å²) in [7, 11) is 3.40. The van der Waals surface area contributed by atoms with Crippen LogP contribution in [0.1, 0.15) is 44.9 Å². The predicted molar refractivity (Wildman–Crippen MR) is 121 cm³/mol. The maximum absolute atomic E-state index is 5.73. The minimum absolute atomic E-state index is 0.795. The molecule has 2 aromatic heterocycles. The number of aryl methyl sites for hydroxylation is 2. The summed E-state index contributed by atoms with van der Waals surface area (Å²) in [6.07, 6.45) is 3.11. The summed E-state index contributed by atoms with van der Waals surface area (Å²) in [6, 6.07) is 10.4. The Balaban J connectivity index is 2.31. The van der Waals surface area contributed by atoms with Gasteiger partial charge in [-0.15, -0.1) is 0 Å². The summed E-state index contributed by atoms with van der Waals surface area (Å²) >= 11 is 0. The van der Waals surface area contributed by atoms with E-state index in [4.69, 9.17) is 14.6 Å². The summed E-state index contributed by atoms with van der Waals surface area (Å²) in [6.45, 7) is 10.7. The molecule has 0 aliphatic carbocycles. The standard InChI is InChI=1S/C24H33N3O2/c1-7-13-26(14-8-2)24-18(9-3)25-27-19(11-10-12-20(24)27)23-21(28-5)15-17(4)16-22(23)29-6/h10-12,15-16H,7-9,13-14H2,1-6H3. The van der Waals surface area contributed by atoms with E-state index in [1.807, 2.05) is 19.1 Å². The Morgan fingerprint density at radius 1 is 0.966 bits per heavy atom. The first kappa shape index (κ1) is 21.0. The predicted octanol–water partition coefficient (Wildman–Crippen LogP) is 5.52. The fourth-order valence-corrected chi connectivity index (χ4v) is 4.05. The smallest absolute Gasteiger partial charge is 0.132 e. The van der Waals surface area contributed by atoms with Crippen LogP contribution in [0.3, 0.4) is 0 Å². The molecule has 1 aromatic carbocycles. The Labute approximate surface area is 174 Å². The van der Waals surface area contributed by atoms with Gasteiger partial charge >= 0.3 is 0 Å². The van der Waals surface area contributed by atoms with Gasteiger partial charge in [0.25, 0.3) is 0 Å². The summed E-state index contributed by atoms with van der Waals surface area (Å²) in [5.74, 6) is 1.59. The fraction of sp³-hybridized carbons (Fsp3) is 0.458. The van der Waals surface area contributed by atoms with Crippen LogP contribution in [0.15, 0.2) is 30.3 Å². The van der Waals surface area contributed by atoms with Crippen LogP contribution in [0.25, 0.3) is 16.8 Å². The lowest BCUT2D eigenvalue weighted by atomic mass is 10.1. The van der Waals surface area contributed by atoms with Gasteiger partial charge in [-0.1, -0.05) is 26.8 Å². The molecule has 3 rings (SSSR count). The molecule has 5 heteroatoms. The van der Waals surface area contributed by atoms with E-state index in [2.05, 4.69) is 48.4 Å². The minimum Gasteiger partial charge on any atom is -0.496 e. The molecule has 3 aromatic rings. The van der Waals surface area contributed by atoms with E-state index in [-0.39, 0.29) is 0 Å². The van der Waals surface area contributed by atoms with Crippen LogP contribution in [0.5, 0.6) is 11.5 Å². The fourth-order valence-electron chi connectivity index (χ4n) is 4.05. The summed E-state index contributed by atoms with van der Waals surface area (Å²) in [5.41, 5.74) is 6.52. The van der Waals surface area contributed by atoms with Crippen molar-refractivity contribution in [3.05, 3.63) is 41.6 Å². The first-order chi connectivity index (χ1) is 14.1. The Bertz CT molecular complexity index is 947. The van der Waals surface area contributed by atoms with Gasteiger partial charge in [0.15, 0.2) is 0 Å². The molecule has 0 fully saturated rings. The zero-order valence-electron chi connectivity index (χ0n) is 18.6. The average molecular weight is 396 g/mol. The second-order valence-electron chi connectivity index (χ2n) is 7.39. The maximum atomic E-state index is 5.73. The zero-order valence-corrected chi connectivity index (χ0v) is 18.6. The quantitative estimate of drug-likeness (QED) is 0.478. The largest absolute Gasteiger partial charge is 0.496 e. The molecule has 2 heterocycles. The first-order valence-electron chi connectivity index (χ1n) is 10.6. The molecule has 156 valence electrons. The van der Waals surface area contributed by atoms with Gasteiger partial charge in [0, 0.05) is 13.1 Å². The SMILES string of the molecule is CCCN(CCC)c1c(CC)nn2c(-c3c(OC)cc(C)cc3OC)cccc12. The molecule has 0 bridgehead atoms. The van der Waals surface area contributed by atoms with Gasteiger partial charge in [-0.2, -0.15) is 5.10 Å². The highest BCUT2D eigenvalue weighted by molar-refractivity contribution is 5.82. The van der Waals surface area contributed by atoms with Gasteiger partial charge in [-0.05, 0) is 56.0 Å². The Kier molecular flexibility index (Phi) is 6.68. The highest BCUT2D eigenvalue weighted by atomic mass is 16.5. The topological polar surface area (TPSA) is 39.0 Å². The molecule has 0 atom stereocenters. The number of fused-ring (bicyclic) bond motifs is 1. The number of anilines is 1. The lowest BCUT2D eigenvalue weighted by molar-refractivity contribution is 0.396. The van der Waals surface area contributed by atoms with Crippen molar-refractivity contribution in [2.24, 2.45) is 0 Å². The number of hydrogen-bond donors (Lipinski definition) is 0. The van der Waals surface area contributed by atoms with E-state index >= 15 is 0 Å². The monoisotopic (exact) mass is 395 g/mol. The third kappa shape index (κ3) is 3.91. The molecule has 0 aliphatic rings.